The first-order chi connectivity index (χ1) is 9.40. The Labute approximate surface area is 114 Å². The highest BCUT2D eigenvalue weighted by molar-refractivity contribution is 6.27. The number of phenols is 2. The van der Waals surface area contributed by atoms with Crippen molar-refractivity contribution in [1.29, 1.82) is 0 Å². The molecule has 0 bridgehead atoms. The van der Waals surface area contributed by atoms with Gasteiger partial charge in [-0.15, -0.1) is 0 Å². The molecule has 8 nitrogen and oxygen atoms in total. The van der Waals surface area contributed by atoms with Crippen molar-refractivity contribution in [1.82, 2.24) is 5.32 Å². The Morgan fingerprint density at radius 2 is 1.85 bits per heavy atom. The summed E-state index contributed by atoms with van der Waals surface area (Å²) in [6, 6.07) is 5.18. The lowest BCUT2D eigenvalue weighted by atomic mass is 10.1. The minimum absolute atomic E-state index is 0.0681. The van der Waals surface area contributed by atoms with E-state index in [9.17, 15) is 5.11 Å². The van der Waals surface area contributed by atoms with Gasteiger partial charge in [-0.25, -0.2) is 9.59 Å². The van der Waals surface area contributed by atoms with Crippen molar-refractivity contribution in [2.24, 2.45) is 4.99 Å². The van der Waals surface area contributed by atoms with Crippen LogP contribution in [0.3, 0.4) is 0 Å². The SMILES string of the molecule is O=C(O)C(=O)O.Oc1ccc(CC2CN=CN2)cc1O. The number of carboxylic acids is 2. The second-order valence-electron chi connectivity index (χ2n) is 4.00. The fraction of sp³-hybridized carbons (Fsp3) is 0.250. The third-order valence-electron chi connectivity index (χ3n) is 2.43. The number of aromatic hydroxyl groups is 2. The van der Waals surface area contributed by atoms with E-state index in [1.807, 2.05) is 0 Å². The predicted octanol–water partition coefficient (Wildman–Crippen LogP) is -0.204. The van der Waals surface area contributed by atoms with E-state index in [1.54, 1.807) is 18.5 Å². The molecular formula is C12H14N2O6. The number of aliphatic carboxylic acids is 2. The molecule has 0 radical (unpaired) electrons. The summed E-state index contributed by atoms with van der Waals surface area (Å²) in [7, 11) is 0. The lowest BCUT2D eigenvalue weighted by Gasteiger charge is -2.09. The van der Waals surface area contributed by atoms with E-state index in [1.165, 1.54) is 6.07 Å². The monoisotopic (exact) mass is 282 g/mol. The van der Waals surface area contributed by atoms with Crippen LogP contribution in [0.2, 0.25) is 0 Å². The standard InChI is InChI=1S/C10H12N2O2.C2H2O4/c13-9-2-1-7(4-10(9)14)3-8-5-11-6-12-8;3-1(4)2(5)6/h1-2,4,6,8,13-14H,3,5H2,(H,11,12);(H,3,4)(H,5,6). The van der Waals surface area contributed by atoms with E-state index in [2.05, 4.69) is 10.3 Å². The number of carbonyl (C=O) groups is 2. The van der Waals surface area contributed by atoms with Crippen molar-refractivity contribution >= 4 is 18.3 Å². The lowest BCUT2D eigenvalue weighted by Crippen LogP contribution is -2.26. The Bertz CT molecular complexity index is 509. The predicted molar refractivity (Wildman–Crippen MR) is 69.0 cm³/mol. The average molecular weight is 282 g/mol. The fourth-order valence-electron chi connectivity index (χ4n) is 1.49. The zero-order chi connectivity index (χ0) is 15.1. The van der Waals surface area contributed by atoms with Gasteiger partial charge in [-0.3, -0.25) is 4.99 Å². The number of nitrogens with zero attached hydrogens (tertiary/aromatic N) is 1. The highest BCUT2D eigenvalue weighted by Gasteiger charge is 2.11. The molecule has 1 aliphatic heterocycles. The second-order valence-corrected chi connectivity index (χ2v) is 4.00. The minimum atomic E-state index is -1.82. The molecule has 0 fully saturated rings. The van der Waals surface area contributed by atoms with Crippen LogP contribution in [0.4, 0.5) is 0 Å². The van der Waals surface area contributed by atoms with Crippen LogP contribution >= 0.6 is 0 Å². The van der Waals surface area contributed by atoms with Gasteiger partial charge in [0, 0.05) is 0 Å². The Kier molecular flexibility index (Phi) is 5.33. The molecule has 20 heavy (non-hydrogen) atoms. The minimum Gasteiger partial charge on any atom is -0.504 e. The van der Waals surface area contributed by atoms with E-state index in [0.29, 0.717) is 6.04 Å². The molecule has 1 atom stereocenters. The van der Waals surface area contributed by atoms with Crippen molar-refractivity contribution in [3.63, 3.8) is 0 Å². The van der Waals surface area contributed by atoms with Gasteiger partial charge >= 0.3 is 11.9 Å². The van der Waals surface area contributed by atoms with Crippen LogP contribution in [0.15, 0.2) is 23.2 Å². The molecule has 0 saturated carbocycles. The van der Waals surface area contributed by atoms with Gasteiger partial charge in [0.15, 0.2) is 11.5 Å². The quantitative estimate of drug-likeness (QED) is 0.373. The molecule has 1 aromatic carbocycles. The molecule has 0 saturated heterocycles. The van der Waals surface area contributed by atoms with Crippen molar-refractivity contribution < 1.29 is 30.0 Å². The number of hydrogen-bond acceptors (Lipinski definition) is 6. The third-order valence-corrected chi connectivity index (χ3v) is 2.43. The number of benzene rings is 1. The number of rotatable bonds is 2. The van der Waals surface area contributed by atoms with Crippen LogP contribution in [0.5, 0.6) is 11.5 Å². The van der Waals surface area contributed by atoms with E-state index >= 15 is 0 Å². The Morgan fingerprint density at radius 3 is 2.30 bits per heavy atom. The molecule has 0 aromatic heterocycles. The molecule has 8 heteroatoms. The van der Waals surface area contributed by atoms with Gasteiger partial charge in [-0.1, -0.05) is 6.07 Å². The third kappa shape index (κ3) is 4.84. The first-order valence-electron chi connectivity index (χ1n) is 5.61. The fourth-order valence-corrected chi connectivity index (χ4v) is 1.49. The van der Waals surface area contributed by atoms with E-state index in [0.717, 1.165) is 18.5 Å². The molecule has 0 spiro atoms. The molecule has 108 valence electrons. The Hall–Kier alpha value is -2.77. The number of hydrogen-bond donors (Lipinski definition) is 5. The first kappa shape index (κ1) is 15.3. The molecule has 0 aliphatic carbocycles. The highest BCUT2D eigenvalue weighted by atomic mass is 16.4. The average Bonchev–Trinajstić information content (AvgIpc) is 2.87. The van der Waals surface area contributed by atoms with Crippen LogP contribution in [0.1, 0.15) is 5.56 Å². The van der Waals surface area contributed by atoms with E-state index < -0.39 is 11.9 Å². The first-order valence-corrected chi connectivity index (χ1v) is 5.61. The summed E-state index contributed by atoms with van der Waals surface area (Å²) in [5, 5.41) is 36.3. The maximum Gasteiger partial charge on any atom is 0.414 e. The van der Waals surface area contributed by atoms with Crippen molar-refractivity contribution in [2.75, 3.05) is 6.54 Å². The summed E-state index contributed by atoms with van der Waals surface area (Å²) < 4.78 is 0. The van der Waals surface area contributed by atoms with Crippen molar-refractivity contribution in [2.45, 2.75) is 12.5 Å². The topological polar surface area (TPSA) is 139 Å². The van der Waals surface area contributed by atoms with Gasteiger partial charge in [-0.05, 0) is 24.1 Å². The maximum atomic E-state index is 9.27. The van der Waals surface area contributed by atoms with Crippen LogP contribution in [-0.4, -0.2) is 51.3 Å². The highest BCUT2D eigenvalue weighted by Crippen LogP contribution is 2.25. The summed E-state index contributed by atoms with van der Waals surface area (Å²) in [6.07, 6.45) is 2.50. The summed E-state index contributed by atoms with van der Waals surface area (Å²) in [4.78, 5) is 22.3. The lowest BCUT2D eigenvalue weighted by molar-refractivity contribution is -0.159. The molecule has 1 aliphatic rings. The van der Waals surface area contributed by atoms with Gasteiger partial charge in [-0.2, -0.15) is 0 Å². The zero-order valence-corrected chi connectivity index (χ0v) is 10.4. The van der Waals surface area contributed by atoms with Crippen molar-refractivity contribution in [3.8, 4) is 11.5 Å². The van der Waals surface area contributed by atoms with Gasteiger partial charge in [0.25, 0.3) is 0 Å². The number of aliphatic imine (C=N–C) groups is 1. The van der Waals surface area contributed by atoms with Gasteiger partial charge in [0.1, 0.15) is 0 Å². The summed E-state index contributed by atoms with van der Waals surface area (Å²) in [6.45, 7) is 0.766. The molecule has 1 heterocycles. The molecule has 0 amide bonds. The number of nitrogens with one attached hydrogen (secondary N) is 1. The molecule has 5 N–H and O–H groups in total. The van der Waals surface area contributed by atoms with Crippen LogP contribution < -0.4 is 5.32 Å². The summed E-state index contributed by atoms with van der Waals surface area (Å²) >= 11 is 0. The van der Waals surface area contributed by atoms with Crippen molar-refractivity contribution in [3.05, 3.63) is 23.8 Å². The largest absolute Gasteiger partial charge is 0.504 e. The Morgan fingerprint density at radius 1 is 1.20 bits per heavy atom. The molecule has 1 aromatic rings. The van der Waals surface area contributed by atoms with E-state index in [-0.39, 0.29) is 11.5 Å². The van der Waals surface area contributed by atoms with Crippen LogP contribution in [0, 0.1) is 0 Å². The number of carboxylic acid groups (broad SMARTS) is 2. The van der Waals surface area contributed by atoms with Crippen LogP contribution in [0.25, 0.3) is 0 Å². The van der Waals surface area contributed by atoms with E-state index in [4.69, 9.17) is 24.9 Å². The van der Waals surface area contributed by atoms with Crippen LogP contribution in [-0.2, 0) is 16.0 Å². The summed E-state index contributed by atoms with van der Waals surface area (Å²) in [5.41, 5.74) is 0.989. The molecule has 2 rings (SSSR count). The zero-order valence-electron chi connectivity index (χ0n) is 10.4. The maximum absolute atomic E-state index is 9.27. The van der Waals surface area contributed by atoms with Gasteiger partial charge in [0.2, 0.25) is 0 Å². The molecular weight excluding hydrogens is 268 g/mol. The Balaban J connectivity index is 0.000000286. The smallest absolute Gasteiger partial charge is 0.414 e. The second kappa shape index (κ2) is 6.98. The number of phenolic OH excluding ortho intramolecular Hbond substituents is 2. The normalized spacial score (nSPS) is 15.9. The van der Waals surface area contributed by atoms with Gasteiger partial charge in [0.05, 0.1) is 18.9 Å². The molecule has 1 unspecified atom stereocenters. The summed E-state index contributed by atoms with van der Waals surface area (Å²) in [5.74, 6) is -3.80. The van der Waals surface area contributed by atoms with Gasteiger partial charge < -0.3 is 25.7 Å².